The van der Waals surface area contributed by atoms with Gasteiger partial charge in [-0.15, -0.1) is 0 Å². The van der Waals surface area contributed by atoms with E-state index in [9.17, 15) is 0 Å². The summed E-state index contributed by atoms with van der Waals surface area (Å²) in [6, 6.07) is 0. The van der Waals surface area contributed by atoms with E-state index in [4.69, 9.17) is 4.52 Å². The zero-order chi connectivity index (χ0) is 10.9. The highest BCUT2D eigenvalue weighted by Crippen LogP contribution is 2.25. The van der Waals surface area contributed by atoms with Crippen molar-refractivity contribution in [3.05, 3.63) is 11.7 Å². The third kappa shape index (κ3) is 2.37. The van der Waals surface area contributed by atoms with Crippen LogP contribution in [0.15, 0.2) is 4.52 Å². The summed E-state index contributed by atoms with van der Waals surface area (Å²) in [6.07, 6.45) is 2.36. The number of rotatable bonds is 1. The maximum Gasteiger partial charge on any atom is 0.232 e. The first-order chi connectivity index (χ1) is 7.07. The van der Waals surface area contributed by atoms with Crippen LogP contribution in [0.5, 0.6) is 0 Å². The van der Waals surface area contributed by atoms with Crippen molar-refractivity contribution in [3.63, 3.8) is 0 Å². The summed E-state index contributed by atoms with van der Waals surface area (Å²) in [6.45, 7) is 8.35. The minimum atomic E-state index is -0.0483. The number of hydrogen-bond acceptors (Lipinski definition) is 4. The molecule has 1 aromatic rings. The van der Waals surface area contributed by atoms with Crippen molar-refractivity contribution in [2.24, 2.45) is 0 Å². The third-order valence-electron chi connectivity index (χ3n) is 2.75. The van der Waals surface area contributed by atoms with Crippen LogP contribution in [0.1, 0.15) is 51.2 Å². The first-order valence-corrected chi connectivity index (χ1v) is 5.62. The average molecular weight is 209 g/mol. The van der Waals surface area contributed by atoms with E-state index < -0.39 is 0 Å². The van der Waals surface area contributed by atoms with E-state index in [1.54, 1.807) is 0 Å². The van der Waals surface area contributed by atoms with Gasteiger partial charge in [-0.05, 0) is 19.4 Å². The lowest BCUT2D eigenvalue weighted by Gasteiger charge is -2.19. The molecule has 1 atom stereocenters. The van der Waals surface area contributed by atoms with Crippen molar-refractivity contribution >= 4 is 0 Å². The number of aromatic nitrogens is 2. The lowest BCUT2D eigenvalue weighted by Crippen LogP contribution is -2.29. The summed E-state index contributed by atoms with van der Waals surface area (Å²) in [7, 11) is 0. The Hall–Kier alpha value is -0.900. The Bertz CT molecular complexity index is 321. The van der Waals surface area contributed by atoms with Crippen LogP contribution in [0, 0.1) is 0 Å². The predicted octanol–water partition coefficient (Wildman–Crippen LogP) is 1.83. The second-order valence-electron chi connectivity index (χ2n) is 5.25. The monoisotopic (exact) mass is 209 g/mol. The molecule has 2 heterocycles. The van der Waals surface area contributed by atoms with Crippen LogP contribution in [0.25, 0.3) is 0 Å². The molecular weight excluding hydrogens is 190 g/mol. The van der Waals surface area contributed by atoms with Crippen LogP contribution in [0.4, 0.5) is 0 Å². The zero-order valence-corrected chi connectivity index (χ0v) is 9.71. The first kappa shape index (κ1) is 10.6. The standard InChI is InChI=1S/C11H19N3O/c1-11(2,3)10-13-9(14-15-10)8-5-4-6-12-7-8/h8,12H,4-7H2,1-3H3/t8-/m0/s1. The van der Waals surface area contributed by atoms with Crippen molar-refractivity contribution in [1.82, 2.24) is 15.5 Å². The van der Waals surface area contributed by atoms with Gasteiger partial charge in [0.05, 0.1) is 0 Å². The minimum absolute atomic E-state index is 0.0483. The average Bonchev–Trinajstić information content (AvgIpc) is 2.67. The summed E-state index contributed by atoms with van der Waals surface area (Å²) in [5.41, 5.74) is -0.0483. The van der Waals surface area contributed by atoms with Gasteiger partial charge in [0.15, 0.2) is 5.82 Å². The summed E-state index contributed by atoms with van der Waals surface area (Å²) < 4.78 is 5.29. The fourth-order valence-electron chi connectivity index (χ4n) is 1.78. The van der Waals surface area contributed by atoms with Gasteiger partial charge in [0.1, 0.15) is 0 Å². The molecule has 0 radical (unpaired) electrons. The van der Waals surface area contributed by atoms with E-state index in [-0.39, 0.29) is 5.41 Å². The maximum absolute atomic E-state index is 5.29. The van der Waals surface area contributed by atoms with E-state index in [1.165, 1.54) is 6.42 Å². The number of hydrogen-bond donors (Lipinski definition) is 1. The van der Waals surface area contributed by atoms with Gasteiger partial charge in [0, 0.05) is 17.9 Å². The molecule has 1 fully saturated rings. The van der Waals surface area contributed by atoms with Crippen molar-refractivity contribution < 1.29 is 4.52 Å². The van der Waals surface area contributed by atoms with Crippen molar-refractivity contribution in [2.75, 3.05) is 13.1 Å². The molecule has 1 aliphatic rings. The van der Waals surface area contributed by atoms with Gasteiger partial charge in [0.25, 0.3) is 0 Å². The van der Waals surface area contributed by atoms with Gasteiger partial charge in [-0.2, -0.15) is 4.98 Å². The fraction of sp³-hybridized carbons (Fsp3) is 0.818. The SMILES string of the molecule is CC(C)(C)c1nc([C@H]2CCCNC2)no1. The van der Waals surface area contributed by atoms with Crippen molar-refractivity contribution in [1.29, 1.82) is 0 Å². The minimum Gasteiger partial charge on any atom is -0.339 e. The molecule has 0 saturated carbocycles. The van der Waals surface area contributed by atoms with Crippen LogP contribution in [-0.2, 0) is 5.41 Å². The Kier molecular flexibility index (Phi) is 2.78. The maximum atomic E-state index is 5.29. The van der Waals surface area contributed by atoms with Crippen molar-refractivity contribution in [3.8, 4) is 0 Å². The molecule has 1 saturated heterocycles. The van der Waals surface area contributed by atoms with Gasteiger partial charge >= 0.3 is 0 Å². The summed E-state index contributed by atoms with van der Waals surface area (Å²) in [5.74, 6) is 2.04. The van der Waals surface area contributed by atoms with E-state index in [1.807, 2.05) is 0 Å². The molecule has 0 unspecified atom stereocenters. The van der Waals surface area contributed by atoms with E-state index in [0.717, 1.165) is 31.2 Å². The van der Waals surface area contributed by atoms with Gasteiger partial charge in [0.2, 0.25) is 5.89 Å². The Morgan fingerprint density at radius 2 is 2.20 bits per heavy atom. The molecular formula is C11H19N3O. The number of nitrogens with one attached hydrogen (secondary N) is 1. The van der Waals surface area contributed by atoms with E-state index >= 15 is 0 Å². The molecule has 1 aromatic heterocycles. The summed E-state index contributed by atoms with van der Waals surface area (Å²) in [4.78, 5) is 4.49. The highest BCUT2D eigenvalue weighted by atomic mass is 16.5. The normalized spacial score (nSPS) is 23.0. The Morgan fingerprint density at radius 1 is 1.40 bits per heavy atom. The Morgan fingerprint density at radius 3 is 2.73 bits per heavy atom. The first-order valence-electron chi connectivity index (χ1n) is 5.62. The molecule has 0 amide bonds. The predicted molar refractivity (Wildman–Crippen MR) is 57.8 cm³/mol. The molecule has 0 aromatic carbocycles. The fourth-order valence-corrected chi connectivity index (χ4v) is 1.78. The molecule has 2 rings (SSSR count). The molecule has 4 heteroatoms. The lowest BCUT2D eigenvalue weighted by atomic mass is 9.96. The van der Waals surface area contributed by atoms with E-state index in [0.29, 0.717) is 5.92 Å². The molecule has 0 aliphatic carbocycles. The Labute approximate surface area is 90.4 Å². The zero-order valence-electron chi connectivity index (χ0n) is 9.71. The molecule has 15 heavy (non-hydrogen) atoms. The smallest absolute Gasteiger partial charge is 0.232 e. The van der Waals surface area contributed by atoms with Crippen LogP contribution < -0.4 is 5.32 Å². The van der Waals surface area contributed by atoms with Gasteiger partial charge in [-0.25, -0.2) is 0 Å². The molecule has 4 nitrogen and oxygen atoms in total. The molecule has 1 aliphatic heterocycles. The van der Waals surface area contributed by atoms with Crippen LogP contribution in [0.2, 0.25) is 0 Å². The number of nitrogens with zero attached hydrogens (tertiary/aromatic N) is 2. The summed E-state index contributed by atoms with van der Waals surface area (Å²) >= 11 is 0. The van der Waals surface area contributed by atoms with Crippen LogP contribution in [-0.4, -0.2) is 23.2 Å². The lowest BCUT2D eigenvalue weighted by molar-refractivity contribution is 0.314. The highest BCUT2D eigenvalue weighted by Gasteiger charge is 2.25. The molecule has 0 bridgehead atoms. The molecule has 0 spiro atoms. The molecule has 84 valence electrons. The quantitative estimate of drug-likeness (QED) is 0.766. The highest BCUT2D eigenvalue weighted by molar-refractivity contribution is 5.03. The topological polar surface area (TPSA) is 51.0 Å². The molecule has 1 N–H and O–H groups in total. The van der Waals surface area contributed by atoms with Gasteiger partial charge in [-0.3, -0.25) is 0 Å². The summed E-state index contributed by atoms with van der Waals surface area (Å²) in [5, 5.41) is 7.44. The number of piperidine rings is 1. The van der Waals surface area contributed by atoms with E-state index in [2.05, 4.69) is 36.2 Å². The van der Waals surface area contributed by atoms with Gasteiger partial charge in [-0.1, -0.05) is 25.9 Å². The largest absolute Gasteiger partial charge is 0.339 e. The second-order valence-corrected chi connectivity index (χ2v) is 5.25. The van der Waals surface area contributed by atoms with Crippen LogP contribution >= 0.6 is 0 Å². The van der Waals surface area contributed by atoms with Gasteiger partial charge < -0.3 is 9.84 Å². The Balaban J connectivity index is 2.12. The third-order valence-corrected chi connectivity index (χ3v) is 2.75. The van der Waals surface area contributed by atoms with Crippen LogP contribution in [0.3, 0.4) is 0 Å². The van der Waals surface area contributed by atoms with Crippen molar-refractivity contribution in [2.45, 2.75) is 44.9 Å². The second kappa shape index (κ2) is 3.93.